The first-order valence-corrected chi connectivity index (χ1v) is 8.80. The lowest BCUT2D eigenvalue weighted by atomic mass is 10.2. The van der Waals surface area contributed by atoms with Crippen molar-refractivity contribution < 1.29 is 4.79 Å². The summed E-state index contributed by atoms with van der Waals surface area (Å²) in [6.07, 6.45) is 2.11. The van der Waals surface area contributed by atoms with E-state index in [9.17, 15) is 4.79 Å². The Kier molecular flexibility index (Phi) is 7.65. The summed E-state index contributed by atoms with van der Waals surface area (Å²) in [6.45, 7) is 9.87. The highest BCUT2D eigenvalue weighted by Crippen LogP contribution is 2.14. The van der Waals surface area contributed by atoms with Crippen LogP contribution in [-0.2, 0) is 0 Å². The van der Waals surface area contributed by atoms with Crippen LogP contribution >= 0.6 is 11.6 Å². The van der Waals surface area contributed by atoms with Crippen LogP contribution in [0, 0.1) is 0 Å². The fraction of sp³-hybridized carbons (Fsp3) is 0.588. The van der Waals surface area contributed by atoms with Crippen LogP contribution in [0.5, 0.6) is 0 Å². The van der Waals surface area contributed by atoms with Gasteiger partial charge < -0.3 is 20.4 Å². The number of carbonyl (C=O) groups excluding carboxylic acids is 1. The van der Waals surface area contributed by atoms with Gasteiger partial charge in [-0.1, -0.05) is 24.6 Å². The number of likely N-dealkylation sites (N-methyl/N-ethyl adjacent to an activating group) is 1. The van der Waals surface area contributed by atoms with E-state index in [2.05, 4.69) is 27.4 Å². The van der Waals surface area contributed by atoms with Gasteiger partial charge in [0.2, 0.25) is 0 Å². The number of halogens is 1. The smallest absolute Gasteiger partial charge is 0.319 e. The van der Waals surface area contributed by atoms with E-state index in [0.29, 0.717) is 17.3 Å². The van der Waals surface area contributed by atoms with Crippen LogP contribution in [0.3, 0.4) is 0 Å². The molecule has 1 aliphatic heterocycles. The number of hydrogen-bond acceptors (Lipinski definition) is 3. The minimum absolute atomic E-state index is 0.177. The quantitative estimate of drug-likeness (QED) is 0.751. The van der Waals surface area contributed by atoms with Crippen molar-refractivity contribution in [3.63, 3.8) is 0 Å². The van der Waals surface area contributed by atoms with Crippen LogP contribution in [0.1, 0.15) is 19.8 Å². The van der Waals surface area contributed by atoms with Crippen LogP contribution in [0.25, 0.3) is 0 Å². The number of benzene rings is 1. The topological polar surface area (TPSA) is 47.6 Å². The number of nitrogens with zero attached hydrogens (tertiary/aromatic N) is 2. The van der Waals surface area contributed by atoms with Crippen LogP contribution in [0.4, 0.5) is 10.5 Å². The zero-order valence-electron chi connectivity index (χ0n) is 13.9. The first kappa shape index (κ1) is 18.0. The molecule has 5 nitrogen and oxygen atoms in total. The average Bonchev–Trinajstić information content (AvgIpc) is 2.55. The zero-order chi connectivity index (χ0) is 16.5. The molecule has 1 aliphatic rings. The highest BCUT2D eigenvalue weighted by atomic mass is 35.5. The molecule has 0 aliphatic carbocycles. The van der Waals surface area contributed by atoms with Gasteiger partial charge in [-0.2, -0.15) is 0 Å². The second-order valence-corrected chi connectivity index (χ2v) is 6.31. The molecule has 0 saturated carbocycles. The van der Waals surface area contributed by atoms with Gasteiger partial charge in [-0.15, -0.1) is 0 Å². The zero-order valence-corrected chi connectivity index (χ0v) is 14.6. The van der Waals surface area contributed by atoms with E-state index in [1.165, 1.54) is 13.1 Å². The standard InChI is InChI=1S/C17H27ClN4O/c1-2-21-10-12-22(13-11-21)9-4-3-8-19-17(23)20-16-7-5-6-15(18)14-16/h5-7,14H,2-4,8-13H2,1H3,(H2,19,20,23). The molecule has 128 valence electrons. The van der Waals surface area contributed by atoms with E-state index in [1.54, 1.807) is 12.1 Å². The van der Waals surface area contributed by atoms with Crippen LogP contribution in [-0.4, -0.2) is 61.6 Å². The fourth-order valence-corrected chi connectivity index (χ4v) is 2.92. The SMILES string of the molecule is CCN1CCN(CCCCNC(=O)Nc2cccc(Cl)c2)CC1. The summed E-state index contributed by atoms with van der Waals surface area (Å²) in [5.41, 5.74) is 0.712. The average molecular weight is 339 g/mol. The summed E-state index contributed by atoms with van der Waals surface area (Å²) >= 11 is 5.89. The molecule has 0 atom stereocenters. The lowest BCUT2D eigenvalue weighted by Gasteiger charge is -2.33. The molecule has 2 N–H and O–H groups in total. The number of unbranched alkanes of at least 4 members (excludes halogenated alkanes) is 1. The van der Waals surface area contributed by atoms with E-state index in [1.807, 2.05) is 12.1 Å². The number of hydrogen-bond donors (Lipinski definition) is 2. The van der Waals surface area contributed by atoms with Crippen molar-refractivity contribution in [1.29, 1.82) is 0 Å². The van der Waals surface area contributed by atoms with Crippen molar-refractivity contribution in [3.8, 4) is 0 Å². The van der Waals surface area contributed by atoms with Gasteiger partial charge in [0.25, 0.3) is 0 Å². The van der Waals surface area contributed by atoms with Crippen LogP contribution in [0.15, 0.2) is 24.3 Å². The van der Waals surface area contributed by atoms with Gasteiger partial charge in [0.15, 0.2) is 0 Å². The van der Waals surface area contributed by atoms with Crippen molar-refractivity contribution >= 4 is 23.3 Å². The molecular weight excluding hydrogens is 312 g/mol. The molecule has 1 aromatic carbocycles. The minimum Gasteiger partial charge on any atom is -0.338 e. The van der Waals surface area contributed by atoms with Crippen LogP contribution in [0.2, 0.25) is 5.02 Å². The Hall–Kier alpha value is -1.30. The number of anilines is 1. The molecular formula is C17H27ClN4O. The highest BCUT2D eigenvalue weighted by molar-refractivity contribution is 6.30. The summed E-state index contributed by atoms with van der Waals surface area (Å²) in [5, 5.41) is 6.29. The van der Waals surface area contributed by atoms with Gasteiger partial charge in [-0.05, 0) is 44.1 Å². The van der Waals surface area contributed by atoms with Crippen molar-refractivity contribution in [2.45, 2.75) is 19.8 Å². The summed E-state index contributed by atoms with van der Waals surface area (Å²) in [5.74, 6) is 0. The Balaban J connectivity index is 1.53. The van der Waals surface area contributed by atoms with E-state index < -0.39 is 0 Å². The van der Waals surface area contributed by atoms with E-state index in [4.69, 9.17) is 11.6 Å². The van der Waals surface area contributed by atoms with Crippen molar-refractivity contribution in [3.05, 3.63) is 29.3 Å². The third-order valence-electron chi connectivity index (χ3n) is 4.18. The van der Waals surface area contributed by atoms with Crippen molar-refractivity contribution in [2.24, 2.45) is 0 Å². The van der Waals surface area contributed by atoms with Gasteiger partial charge in [-0.25, -0.2) is 4.79 Å². The number of piperazine rings is 1. The summed E-state index contributed by atoms with van der Waals surface area (Å²) in [7, 11) is 0. The minimum atomic E-state index is -0.177. The maximum atomic E-state index is 11.8. The lowest BCUT2D eigenvalue weighted by Crippen LogP contribution is -2.46. The highest BCUT2D eigenvalue weighted by Gasteiger charge is 2.14. The molecule has 1 heterocycles. The summed E-state index contributed by atoms with van der Waals surface area (Å²) in [4.78, 5) is 16.8. The van der Waals surface area contributed by atoms with E-state index >= 15 is 0 Å². The Labute approximate surface area is 144 Å². The first-order chi connectivity index (χ1) is 11.2. The lowest BCUT2D eigenvalue weighted by molar-refractivity contribution is 0.136. The maximum absolute atomic E-state index is 11.8. The van der Waals surface area contributed by atoms with Gasteiger partial charge >= 0.3 is 6.03 Å². The van der Waals surface area contributed by atoms with E-state index in [0.717, 1.165) is 39.0 Å². The molecule has 2 rings (SSSR count). The summed E-state index contributed by atoms with van der Waals surface area (Å²) in [6, 6.07) is 6.98. The normalized spacial score (nSPS) is 16.3. The monoisotopic (exact) mass is 338 g/mol. The first-order valence-electron chi connectivity index (χ1n) is 8.42. The Bertz CT molecular complexity index is 489. The molecule has 0 bridgehead atoms. The maximum Gasteiger partial charge on any atom is 0.319 e. The number of carbonyl (C=O) groups is 1. The van der Waals surface area contributed by atoms with Crippen LogP contribution < -0.4 is 10.6 Å². The molecule has 0 unspecified atom stereocenters. The molecule has 0 spiro atoms. The number of nitrogens with one attached hydrogen (secondary N) is 2. The molecule has 1 saturated heterocycles. The van der Waals surface area contributed by atoms with Crippen molar-refractivity contribution in [1.82, 2.24) is 15.1 Å². The second-order valence-electron chi connectivity index (χ2n) is 5.87. The molecule has 23 heavy (non-hydrogen) atoms. The molecule has 1 aromatic rings. The van der Waals surface area contributed by atoms with E-state index in [-0.39, 0.29) is 6.03 Å². The molecule has 1 fully saturated rings. The Morgan fingerprint density at radius 2 is 1.91 bits per heavy atom. The predicted octanol–water partition coefficient (Wildman–Crippen LogP) is 2.88. The van der Waals surface area contributed by atoms with Gasteiger partial charge in [-0.3, -0.25) is 0 Å². The number of urea groups is 1. The Morgan fingerprint density at radius 1 is 1.17 bits per heavy atom. The fourth-order valence-electron chi connectivity index (χ4n) is 2.73. The largest absolute Gasteiger partial charge is 0.338 e. The van der Waals surface area contributed by atoms with Gasteiger partial charge in [0.1, 0.15) is 0 Å². The molecule has 0 radical (unpaired) electrons. The predicted molar refractivity (Wildman–Crippen MR) is 96.3 cm³/mol. The van der Waals surface area contributed by atoms with Crippen molar-refractivity contribution in [2.75, 3.05) is 51.1 Å². The molecule has 0 aromatic heterocycles. The number of amides is 2. The molecule has 6 heteroatoms. The third kappa shape index (κ3) is 6.77. The third-order valence-corrected chi connectivity index (χ3v) is 4.42. The second kappa shape index (κ2) is 9.75. The number of rotatable bonds is 7. The van der Waals surface area contributed by atoms with Gasteiger partial charge in [0, 0.05) is 43.4 Å². The molecule has 2 amide bonds. The Morgan fingerprint density at radius 3 is 2.61 bits per heavy atom. The van der Waals surface area contributed by atoms with Gasteiger partial charge in [0.05, 0.1) is 0 Å². The summed E-state index contributed by atoms with van der Waals surface area (Å²) < 4.78 is 0.